The molecule has 1 fully saturated rings. The van der Waals surface area contributed by atoms with Crippen LogP contribution in [0.2, 0.25) is 0 Å². The standard InChI is InChI=1S/C19H27N2O3/c20-18(23)15-9-7-14(8-10-15)17(19(21)24)12-16(22)11-6-13-4-2-1-3-5-13/h1-5,11,14-17,22H,6-10,12H2,(H2,20,23)(H2,21,24)/t14?,15?,16-,17-/m0/s1. The molecular weight excluding hydrogens is 304 g/mol. The van der Waals surface area contributed by atoms with Crippen LogP contribution in [0.5, 0.6) is 0 Å². The summed E-state index contributed by atoms with van der Waals surface area (Å²) < 4.78 is 0. The lowest BCUT2D eigenvalue weighted by atomic mass is 9.73. The van der Waals surface area contributed by atoms with Crippen molar-refractivity contribution in [2.24, 2.45) is 29.2 Å². The number of rotatable bonds is 8. The minimum absolute atomic E-state index is 0.0932. The molecule has 0 unspecified atom stereocenters. The van der Waals surface area contributed by atoms with Gasteiger partial charge in [0.25, 0.3) is 0 Å². The second-order valence-corrected chi connectivity index (χ2v) is 6.75. The zero-order chi connectivity index (χ0) is 17.5. The van der Waals surface area contributed by atoms with Crippen molar-refractivity contribution in [2.75, 3.05) is 0 Å². The Bertz CT molecular complexity index is 539. The van der Waals surface area contributed by atoms with Gasteiger partial charge in [0.1, 0.15) is 0 Å². The molecule has 5 N–H and O–H groups in total. The fraction of sp³-hybridized carbons (Fsp3) is 0.526. The van der Waals surface area contributed by atoms with Crippen molar-refractivity contribution in [1.29, 1.82) is 0 Å². The van der Waals surface area contributed by atoms with E-state index in [1.807, 2.05) is 36.8 Å². The number of hydrogen-bond donors (Lipinski definition) is 3. The maximum absolute atomic E-state index is 11.8. The first-order valence-corrected chi connectivity index (χ1v) is 8.61. The van der Waals surface area contributed by atoms with Crippen LogP contribution in [0.15, 0.2) is 30.3 Å². The third-order valence-corrected chi connectivity index (χ3v) is 5.07. The predicted molar refractivity (Wildman–Crippen MR) is 92.4 cm³/mol. The van der Waals surface area contributed by atoms with Gasteiger partial charge in [0.2, 0.25) is 11.8 Å². The van der Waals surface area contributed by atoms with Crippen molar-refractivity contribution in [3.8, 4) is 0 Å². The summed E-state index contributed by atoms with van der Waals surface area (Å²) in [6, 6.07) is 9.86. The van der Waals surface area contributed by atoms with Gasteiger partial charge < -0.3 is 16.6 Å². The monoisotopic (exact) mass is 331 g/mol. The highest BCUT2D eigenvalue weighted by Crippen LogP contribution is 2.35. The first kappa shape index (κ1) is 18.5. The molecule has 0 aliphatic heterocycles. The van der Waals surface area contributed by atoms with Gasteiger partial charge in [-0.2, -0.15) is 0 Å². The van der Waals surface area contributed by atoms with E-state index in [2.05, 4.69) is 0 Å². The molecule has 1 aromatic carbocycles. The highest BCUT2D eigenvalue weighted by molar-refractivity contribution is 5.78. The molecule has 0 heterocycles. The number of hydrogen-bond acceptors (Lipinski definition) is 3. The van der Waals surface area contributed by atoms with E-state index in [-0.39, 0.29) is 29.6 Å². The highest BCUT2D eigenvalue weighted by atomic mass is 16.3. The van der Waals surface area contributed by atoms with Crippen molar-refractivity contribution >= 4 is 11.8 Å². The topological polar surface area (TPSA) is 106 Å². The Balaban J connectivity index is 1.84. The Kier molecular flexibility index (Phi) is 6.79. The van der Waals surface area contributed by atoms with E-state index in [1.165, 1.54) is 0 Å². The molecule has 2 amide bonds. The second-order valence-electron chi connectivity index (χ2n) is 6.75. The predicted octanol–water partition coefficient (Wildman–Crippen LogP) is 1.58. The molecule has 131 valence electrons. The molecule has 2 atom stereocenters. The van der Waals surface area contributed by atoms with E-state index >= 15 is 0 Å². The van der Waals surface area contributed by atoms with E-state index in [4.69, 9.17) is 11.5 Å². The van der Waals surface area contributed by atoms with Gasteiger partial charge in [0, 0.05) is 11.8 Å². The summed E-state index contributed by atoms with van der Waals surface area (Å²) >= 11 is 0. The molecule has 1 saturated carbocycles. The first-order chi connectivity index (χ1) is 11.5. The van der Waals surface area contributed by atoms with E-state index < -0.39 is 6.10 Å². The largest absolute Gasteiger partial charge is 0.393 e. The number of aliphatic hydroxyl groups excluding tert-OH is 1. The summed E-state index contributed by atoms with van der Waals surface area (Å²) in [6.45, 7) is 0. The lowest BCUT2D eigenvalue weighted by Crippen LogP contribution is -2.37. The molecule has 5 nitrogen and oxygen atoms in total. The summed E-state index contributed by atoms with van der Waals surface area (Å²) in [5.41, 5.74) is 12.0. The van der Waals surface area contributed by atoms with Gasteiger partial charge in [0.05, 0.1) is 6.10 Å². The number of carbonyl (C=O) groups is 2. The Morgan fingerprint density at radius 2 is 1.75 bits per heavy atom. The third kappa shape index (κ3) is 5.34. The van der Waals surface area contributed by atoms with Crippen LogP contribution in [0.3, 0.4) is 0 Å². The number of aliphatic hydroxyl groups is 1. The number of nitrogens with two attached hydrogens (primary N) is 2. The molecule has 1 radical (unpaired) electrons. The van der Waals surface area contributed by atoms with Crippen molar-refractivity contribution in [3.63, 3.8) is 0 Å². The Morgan fingerprint density at radius 3 is 2.29 bits per heavy atom. The minimum Gasteiger partial charge on any atom is -0.393 e. The Morgan fingerprint density at radius 1 is 1.12 bits per heavy atom. The summed E-state index contributed by atoms with van der Waals surface area (Å²) in [7, 11) is 0. The highest BCUT2D eigenvalue weighted by Gasteiger charge is 2.33. The van der Waals surface area contributed by atoms with E-state index in [0.717, 1.165) is 18.4 Å². The molecular formula is C19H27N2O3. The van der Waals surface area contributed by atoms with Crippen LogP contribution in [0.4, 0.5) is 0 Å². The molecule has 24 heavy (non-hydrogen) atoms. The molecule has 1 aliphatic carbocycles. The lowest BCUT2D eigenvalue weighted by molar-refractivity contribution is -0.126. The molecule has 1 aromatic rings. The zero-order valence-electron chi connectivity index (χ0n) is 13.9. The lowest BCUT2D eigenvalue weighted by Gasteiger charge is -2.32. The van der Waals surface area contributed by atoms with Gasteiger partial charge in [0.15, 0.2) is 0 Å². The summed E-state index contributed by atoms with van der Waals surface area (Å²) in [6.07, 6.45) is 5.06. The quantitative estimate of drug-likeness (QED) is 0.673. The Labute approximate surface area is 143 Å². The molecule has 5 heteroatoms. The molecule has 0 spiro atoms. The normalized spacial score (nSPS) is 23.4. The number of carbonyl (C=O) groups excluding carboxylic acids is 2. The maximum Gasteiger partial charge on any atom is 0.220 e. The van der Waals surface area contributed by atoms with E-state index in [1.54, 1.807) is 0 Å². The van der Waals surface area contributed by atoms with E-state index in [0.29, 0.717) is 25.7 Å². The number of benzene rings is 1. The van der Waals surface area contributed by atoms with Crippen LogP contribution < -0.4 is 11.5 Å². The minimum atomic E-state index is -0.670. The smallest absolute Gasteiger partial charge is 0.220 e. The van der Waals surface area contributed by atoms with Gasteiger partial charge in [-0.3, -0.25) is 9.59 Å². The maximum atomic E-state index is 11.8. The van der Waals surface area contributed by atoms with Gasteiger partial charge in [-0.05, 0) is 56.4 Å². The summed E-state index contributed by atoms with van der Waals surface area (Å²) in [5, 5.41) is 10.3. The number of primary amides is 2. The Hall–Kier alpha value is -1.88. The molecule has 0 bridgehead atoms. The first-order valence-electron chi connectivity index (χ1n) is 8.61. The van der Waals surface area contributed by atoms with Crippen LogP contribution >= 0.6 is 0 Å². The van der Waals surface area contributed by atoms with Crippen LogP contribution in [0.25, 0.3) is 0 Å². The summed E-state index contributed by atoms with van der Waals surface area (Å²) in [4.78, 5) is 23.1. The zero-order valence-corrected chi connectivity index (χ0v) is 13.9. The second kappa shape index (κ2) is 8.83. The number of amides is 2. The molecule has 0 saturated heterocycles. The van der Waals surface area contributed by atoms with Crippen LogP contribution in [0.1, 0.15) is 37.7 Å². The fourth-order valence-corrected chi connectivity index (χ4v) is 3.59. The van der Waals surface area contributed by atoms with Crippen molar-refractivity contribution < 1.29 is 14.7 Å². The van der Waals surface area contributed by atoms with Gasteiger partial charge in [-0.1, -0.05) is 30.3 Å². The van der Waals surface area contributed by atoms with Crippen molar-refractivity contribution in [2.45, 2.75) is 44.6 Å². The van der Waals surface area contributed by atoms with Crippen LogP contribution in [0, 0.1) is 24.2 Å². The van der Waals surface area contributed by atoms with Crippen LogP contribution in [-0.4, -0.2) is 23.0 Å². The molecule has 1 aliphatic rings. The van der Waals surface area contributed by atoms with Gasteiger partial charge in [-0.15, -0.1) is 0 Å². The fourth-order valence-electron chi connectivity index (χ4n) is 3.59. The van der Waals surface area contributed by atoms with Crippen molar-refractivity contribution in [1.82, 2.24) is 0 Å². The third-order valence-electron chi connectivity index (χ3n) is 5.07. The molecule has 2 rings (SSSR count). The summed E-state index contributed by atoms with van der Waals surface area (Å²) in [5.74, 6) is -0.965. The van der Waals surface area contributed by atoms with Gasteiger partial charge >= 0.3 is 0 Å². The SMILES string of the molecule is NC(=O)C1CCC([C@H](C[C@@H](O)[CH]Cc2ccccc2)C(N)=O)CC1. The molecule has 0 aromatic heterocycles. The van der Waals surface area contributed by atoms with Crippen molar-refractivity contribution in [3.05, 3.63) is 42.3 Å². The van der Waals surface area contributed by atoms with Crippen LogP contribution in [-0.2, 0) is 16.0 Å². The average molecular weight is 331 g/mol. The van der Waals surface area contributed by atoms with Gasteiger partial charge in [-0.25, -0.2) is 0 Å². The van der Waals surface area contributed by atoms with E-state index in [9.17, 15) is 14.7 Å². The average Bonchev–Trinajstić information content (AvgIpc) is 2.58.